The van der Waals surface area contributed by atoms with E-state index in [1.807, 2.05) is 91.0 Å². The molecular weight excluding hydrogens is 1160 g/mol. The summed E-state index contributed by atoms with van der Waals surface area (Å²) in [6.07, 6.45) is 0. The van der Waals surface area contributed by atoms with E-state index in [2.05, 4.69) is 240 Å². The maximum Gasteiger partial charge on any atom is 0.489 e. The maximum absolute atomic E-state index is 10.1. The van der Waals surface area contributed by atoms with E-state index in [1.54, 1.807) is 0 Å². The minimum atomic E-state index is -1.53. The molecule has 0 atom stereocenters. The second-order valence-electron chi connectivity index (χ2n) is 22.9. The normalized spacial score (nSPS) is 11.5. The van der Waals surface area contributed by atoms with E-state index in [0.717, 1.165) is 81.0 Å². The van der Waals surface area contributed by atoms with Crippen molar-refractivity contribution in [3.63, 3.8) is 0 Å². The highest BCUT2D eigenvalue weighted by Crippen LogP contribution is 2.46. The van der Waals surface area contributed by atoms with Crippen molar-refractivity contribution < 1.29 is 18.9 Å². The molecule has 0 saturated heterocycles. The molecular formula is C84H54BBrO4. The molecule has 18 aromatic rings. The van der Waals surface area contributed by atoms with Crippen molar-refractivity contribution in [3.05, 3.63) is 320 Å². The van der Waals surface area contributed by atoms with Crippen LogP contribution >= 0.6 is 15.9 Å². The second-order valence-corrected chi connectivity index (χ2v) is 23.8. The first kappa shape index (κ1) is 54.5. The van der Waals surface area contributed by atoms with E-state index in [4.69, 9.17) is 8.83 Å². The largest absolute Gasteiger partial charge is 0.489 e. The summed E-state index contributed by atoms with van der Waals surface area (Å²) < 4.78 is 13.5. The molecule has 16 aromatic carbocycles. The van der Waals surface area contributed by atoms with Crippen LogP contribution in [0.25, 0.3) is 164 Å². The lowest BCUT2D eigenvalue weighted by atomic mass is 9.72. The van der Waals surface area contributed by atoms with Gasteiger partial charge in [-0.15, -0.1) is 0 Å². The van der Waals surface area contributed by atoms with Crippen LogP contribution in [0.15, 0.2) is 329 Å². The fourth-order valence-electron chi connectivity index (χ4n) is 13.6. The van der Waals surface area contributed by atoms with Crippen LogP contribution in [0.3, 0.4) is 0 Å². The number of fused-ring (bicyclic) bond motifs is 14. The van der Waals surface area contributed by atoms with E-state index in [9.17, 15) is 10.0 Å². The van der Waals surface area contributed by atoms with Gasteiger partial charge in [-0.3, -0.25) is 0 Å². The smallest absolute Gasteiger partial charge is 0.455 e. The number of benzene rings is 16. The van der Waals surface area contributed by atoms with Crippen molar-refractivity contribution in [1.82, 2.24) is 0 Å². The van der Waals surface area contributed by atoms with Crippen molar-refractivity contribution in [3.8, 4) is 55.6 Å². The van der Waals surface area contributed by atoms with Crippen LogP contribution in [-0.4, -0.2) is 17.2 Å². The molecule has 2 N–H and O–H groups in total. The molecule has 0 aliphatic heterocycles. The first-order chi connectivity index (χ1) is 44.4. The molecule has 424 valence electrons. The molecule has 18 rings (SSSR count). The predicted molar refractivity (Wildman–Crippen MR) is 384 cm³/mol. The number of hydrogen-bond acceptors (Lipinski definition) is 4. The molecule has 4 nitrogen and oxygen atoms in total. The van der Waals surface area contributed by atoms with Crippen LogP contribution in [0.5, 0.6) is 0 Å². The molecule has 0 aliphatic rings. The summed E-state index contributed by atoms with van der Waals surface area (Å²) in [5, 5.41) is 38.3. The topological polar surface area (TPSA) is 66.7 Å². The molecule has 0 aliphatic carbocycles. The summed E-state index contributed by atoms with van der Waals surface area (Å²) in [6, 6.07) is 110. The van der Waals surface area contributed by atoms with Crippen LogP contribution in [-0.2, 0) is 0 Å². The predicted octanol–water partition coefficient (Wildman–Crippen LogP) is 22.6. The summed E-state index contributed by atoms with van der Waals surface area (Å²) >= 11 is 3.51. The fourth-order valence-corrected chi connectivity index (χ4v) is 13.9. The third kappa shape index (κ3) is 9.66. The zero-order valence-electron chi connectivity index (χ0n) is 48.7. The van der Waals surface area contributed by atoms with Gasteiger partial charge in [-0.1, -0.05) is 289 Å². The number of rotatable bonds is 6. The van der Waals surface area contributed by atoms with Crippen molar-refractivity contribution in [1.29, 1.82) is 0 Å². The van der Waals surface area contributed by atoms with Gasteiger partial charge in [0.15, 0.2) is 0 Å². The number of halogens is 1. The van der Waals surface area contributed by atoms with Gasteiger partial charge in [0.25, 0.3) is 0 Å². The zero-order chi connectivity index (χ0) is 60.2. The molecule has 6 heteroatoms. The van der Waals surface area contributed by atoms with E-state index < -0.39 is 7.12 Å². The lowest BCUT2D eigenvalue weighted by molar-refractivity contribution is 0.426. The highest BCUT2D eigenvalue weighted by Gasteiger charge is 2.23. The summed E-state index contributed by atoms with van der Waals surface area (Å²) in [6.45, 7) is 0. The summed E-state index contributed by atoms with van der Waals surface area (Å²) in [4.78, 5) is 0. The Morgan fingerprint density at radius 1 is 0.233 bits per heavy atom. The monoisotopic (exact) mass is 1220 g/mol. The molecule has 2 heterocycles. The van der Waals surface area contributed by atoms with Gasteiger partial charge < -0.3 is 18.9 Å². The molecule has 0 amide bonds. The van der Waals surface area contributed by atoms with Crippen LogP contribution in [0.4, 0.5) is 0 Å². The minimum absolute atomic E-state index is 0.556. The standard InChI is InChI=1S/C42H26O.C26H19BO2.C16H9BrO/c1-2-10-27(11-3-1)28-18-20-30(21-19-28)40-33-14-6-8-16-35(33)41(36-17-9-7-15-34(36)40)31-23-25-39-38(26-31)37-24-22-29-12-4-5-13-32(29)42(37)43-39;28-27(29)26-23-12-6-4-10-21(23)25(22-11-5-7-13-24(22)26)20-16-14-19(15-17-20)18-8-2-1-3-9-18;17-11-6-8-15-14(9-11)13-7-5-10-3-1-2-4-12(10)16(13)18-15/h1-26H;1-17,28-29H;1-9H. The van der Waals surface area contributed by atoms with E-state index >= 15 is 0 Å². The van der Waals surface area contributed by atoms with Gasteiger partial charge >= 0.3 is 7.12 Å². The van der Waals surface area contributed by atoms with Crippen molar-refractivity contribution in [2.75, 3.05) is 0 Å². The summed E-state index contributed by atoms with van der Waals surface area (Å²) in [5.74, 6) is 0. The molecule has 90 heavy (non-hydrogen) atoms. The molecule has 0 radical (unpaired) electrons. The number of furan rings is 2. The Morgan fingerprint density at radius 2 is 0.544 bits per heavy atom. The lowest BCUT2D eigenvalue weighted by Gasteiger charge is -2.18. The Labute approximate surface area is 528 Å². The molecule has 0 unspecified atom stereocenters. The Morgan fingerprint density at radius 3 is 0.967 bits per heavy atom. The van der Waals surface area contributed by atoms with Crippen molar-refractivity contribution >= 4 is 137 Å². The SMILES string of the molecule is Brc1ccc2oc3c4ccccc4ccc3c2c1.OB(O)c1c2ccccc2c(-c2ccc(-c3ccccc3)cc2)c2ccccc12.c1ccc(-c2ccc(-c3c4ccccc4c(-c4ccc5oc6c7ccccc7ccc6c5c4)c4ccccc34)cc2)cc1. The van der Waals surface area contributed by atoms with Gasteiger partial charge in [-0.25, -0.2) is 0 Å². The van der Waals surface area contributed by atoms with Gasteiger partial charge in [0.2, 0.25) is 0 Å². The third-order valence-electron chi connectivity index (χ3n) is 17.7. The Kier molecular flexibility index (Phi) is 13.9. The van der Waals surface area contributed by atoms with Gasteiger partial charge in [0.05, 0.1) is 0 Å². The van der Waals surface area contributed by atoms with Gasteiger partial charge in [-0.05, 0) is 157 Å². The minimum Gasteiger partial charge on any atom is -0.455 e. The maximum atomic E-state index is 10.1. The van der Waals surface area contributed by atoms with Gasteiger partial charge in [0, 0.05) is 36.8 Å². The Balaban J connectivity index is 0.000000118. The highest BCUT2D eigenvalue weighted by molar-refractivity contribution is 9.10. The number of hydrogen-bond donors (Lipinski definition) is 2. The molecule has 0 fully saturated rings. The first-order valence-electron chi connectivity index (χ1n) is 30.3. The molecule has 0 bridgehead atoms. The average molecular weight is 1220 g/mol. The lowest BCUT2D eigenvalue weighted by Crippen LogP contribution is -2.31. The van der Waals surface area contributed by atoms with Crippen LogP contribution in [0, 0.1) is 0 Å². The van der Waals surface area contributed by atoms with Crippen LogP contribution in [0.1, 0.15) is 0 Å². The molecule has 2 aromatic heterocycles. The van der Waals surface area contributed by atoms with Crippen LogP contribution in [0.2, 0.25) is 0 Å². The summed E-state index contributed by atoms with van der Waals surface area (Å²) in [7, 11) is -1.53. The Hall–Kier alpha value is -10.9. The van der Waals surface area contributed by atoms with E-state index in [0.29, 0.717) is 5.46 Å². The van der Waals surface area contributed by atoms with E-state index in [1.165, 1.54) is 87.6 Å². The summed E-state index contributed by atoms with van der Waals surface area (Å²) in [5.41, 5.74) is 16.3. The third-order valence-corrected chi connectivity index (χ3v) is 18.2. The zero-order valence-corrected chi connectivity index (χ0v) is 50.3. The van der Waals surface area contributed by atoms with Gasteiger partial charge in [-0.2, -0.15) is 0 Å². The fraction of sp³-hybridized carbons (Fsp3) is 0. The van der Waals surface area contributed by atoms with E-state index in [-0.39, 0.29) is 0 Å². The first-order valence-corrected chi connectivity index (χ1v) is 31.1. The van der Waals surface area contributed by atoms with Gasteiger partial charge in [0.1, 0.15) is 22.3 Å². The average Bonchev–Trinajstić information content (AvgIpc) is 0.881. The van der Waals surface area contributed by atoms with Crippen LogP contribution < -0.4 is 5.46 Å². The van der Waals surface area contributed by atoms with Crippen molar-refractivity contribution in [2.24, 2.45) is 0 Å². The second kappa shape index (κ2) is 23.0. The Bertz CT molecular complexity index is 5640. The highest BCUT2D eigenvalue weighted by atomic mass is 79.9. The molecule has 0 spiro atoms. The molecule has 0 saturated carbocycles. The quantitative estimate of drug-likeness (QED) is 0.129. The van der Waals surface area contributed by atoms with Crippen molar-refractivity contribution in [2.45, 2.75) is 0 Å².